The van der Waals surface area contributed by atoms with Crippen molar-refractivity contribution in [3.05, 3.63) is 34.9 Å². The first kappa shape index (κ1) is 16.0. The lowest BCUT2D eigenvalue weighted by atomic mass is 10.2. The van der Waals surface area contributed by atoms with Crippen LogP contribution in [0.3, 0.4) is 0 Å². The summed E-state index contributed by atoms with van der Waals surface area (Å²) in [5.41, 5.74) is 0.497. The summed E-state index contributed by atoms with van der Waals surface area (Å²) in [5, 5.41) is 11.6. The van der Waals surface area contributed by atoms with E-state index in [0.29, 0.717) is 10.6 Å². The Bertz CT molecular complexity index is 526. The van der Waals surface area contributed by atoms with Gasteiger partial charge in [0.1, 0.15) is 5.75 Å². The number of nitrogens with one attached hydrogen (secondary N) is 1. The van der Waals surface area contributed by atoms with Crippen LogP contribution in [-0.2, 0) is 9.59 Å². The molecule has 5 nitrogen and oxygen atoms in total. The number of aliphatic carboxylic acids is 1. The Balaban J connectivity index is 2.83. The summed E-state index contributed by atoms with van der Waals surface area (Å²) in [4.78, 5) is 22.1. The average molecular weight is 298 g/mol. The summed E-state index contributed by atoms with van der Waals surface area (Å²) < 4.78 is 5.37. The number of para-hydroxylation sites is 1. The first-order chi connectivity index (χ1) is 9.40. The van der Waals surface area contributed by atoms with Crippen molar-refractivity contribution in [2.75, 3.05) is 6.61 Å². The third kappa shape index (κ3) is 5.32. The molecule has 0 saturated carbocycles. The lowest BCUT2D eigenvalue weighted by molar-refractivity contribution is -0.131. The molecule has 0 spiro atoms. The SMILES string of the molecule is CC(C)NC(=O)COc1c(Cl)cccc1/C=C/C(=O)O. The van der Waals surface area contributed by atoms with E-state index < -0.39 is 5.97 Å². The largest absolute Gasteiger partial charge is 0.482 e. The van der Waals surface area contributed by atoms with E-state index in [2.05, 4.69) is 5.32 Å². The molecular formula is C14H16ClNO4. The predicted octanol–water partition coefficient (Wildman–Crippen LogP) is 2.34. The van der Waals surface area contributed by atoms with E-state index in [9.17, 15) is 9.59 Å². The van der Waals surface area contributed by atoms with Gasteiger partial charge in [-0.1, -0.05) is 23.7 Å². The molecule has 0 atom stereocenters. The smallest absolute Gasteiger partial charge is 0.328 e. The molecule has 1 rings (SSSR count). The number of carbonyl (C=O) groups excluding carboxylic acids is 1. The maximum absolute atomic E-state index is 11.5. The summed E-state index contributed by atoms with van der Waals surface area (Å²) in [6.07, 6.45) is 2.34. The normalized spacial score (nSPS) is 10.8. The molecule has 0 unspecified atom stereocenters. The molecule has 0 aromatic heterocycles. The highest BCUT2D eigenvalue weighted by Gasteiger charge is 2.10. The van der Waals surface area contributed by atoms with Crippen LogP contribution in [0.5, 0.6) is 5.75 Å². The Morgan fingerprint density at radius 2 is 2.15 bits per heavy atom. The zero-order valence-corrected chi connectivity index (χ0v) is 12.0. The van der Waals surface area contributed by atoms with Gasteiger partial charge in [0.2, 0.25) is 0 Å². The summed E-state index contributed by atoms with van der Waals surface area (Å²) in [6, 6.07) is 4.95. The number of ether oxygens (including phenoxy) is 1. The number of benzene rings is 1. The van der Waals surface area contributed by atoms with Gasteiger partial charge in [0, 0.05) is 17.7 Å². The summed E-state index contributed by atoms with van der Waals surface area (Å²) in [6.45, 7) is 3.50. The molecule has 1 aromatic rings. The van der Waals surface area contributed by atoms with Gasteiger partial charge < -0.3 is 15.2 Å². The maximum atomic E-state index is 11.5. The standard InChI is InChI=1S/C14H16ClNO4/c1-9(2)16-12(17)8-20-14-10(6-7-13(18)19)4-3-5-11(14)15/h3-7,9H,8H2,1-2H3,(H,16,17)(H,18,19)/b7-6+. The molecule has 0 radical (unpaired) electrons. The van der Waals surface area contributed by atoms with Crippen LogP contribution in [0.15, 0.2) is 24.3 Å². The highest BCUT2D eigenvalue weighted by atomic mass is 35.5. The Labute approximate surface area is 122 Å². The first-order valence-corrected chi connectivity index (χ1v) is 6.39. The molecule has 0 fully saturated rings. The number of rotatable bonds is 6. The van der Waals surface area contributed by atoms with Gasteiger partial charge in [-0.25, -0.2) is 4.79 Å². The minimum absolute atomic E-state index is 0.0173. The van der Waals surface area contributed by atoms with Crippen molar-refractivity contribution in [2.24, 2.45) is 0 Å². The van der Waals surface area contributed by atoms with Crippen LogP contribution in [0.2, 0.25) is 5.02 Å². The number of carboxylic acid groups (broad SMARTS) is 1. The van der Waals surface area contributed by atoms with Gasteiger partial charge in [-0.15, -0.1) is 0 Å². The van der Waals surface area contributed by atoms with Crippen LogP contribution in [0, 0.1) is 0 Å². The van der Waals surface area contributed by atoms with Crippen LogP contribution in [0.4, 0.5) is 0 Å². The number of carboxylic acids is 1. The van der Waals surface area contributed by atoms with E-state index >= 15 is 0 Å². The third-order valence-electron chi connectivity index (χ3n) is 2.20. The van der Waals surface area contributed by atoms with E-state index in [1.54, 1.807) is 18.2 Å². The minimum Gasteiger partial charge on any atom is -0.482 e. The number of carbonyl (C=O) groups is 2. The van der Waals surface area contributed by atoms with Crippen LogP contribution in [0.25, 0.3) is 6.08 Å². The van der Waals surface area contributed by atoms with Crippen molar-refractivity contribution >= 4 is 29.6 Å². The fourth-order valence-corrected chi connectivity index (χ4v) is 1.71. The van der Waals surface area contributed by atoms with E-state index in [0.717, 1.165) is 6.08 Å². The number of hydrogen-bond acceptors (Lipinski definition) is 3. The Hall–Kier alpha value is -2.01. The predicted molar refractivity (Wildman–Crippen MR) is 76.9 cm³/mol. The fourth-order valence-electron chi connectivity index (χ4n) is 1.47. The second-order valence-corrected chi connectivity index (χ2v) is 4.75. The van der Waals surface area contributed by atoms with Crippen LogP contribution in [-0.4, -0.2) is 29.6 Å². The van der Waals surface area contributed by atoms with Crippen molar-refractivity contribution in [3.63, 3.8) is 0 Å². The van der Waals surface area contributed by atoms with Crippen molar-refractivity contribution in [1.29, 1.82) is 0 Å². The maximum Gasteiger partial charge on any atom is 0.328 e. The first-order valence-electron chi connectivity index (χ1n) is 6.02. The van der Waals surface area contributed by atoms with Gasteiger partial charge in [0.05, 0.1) is 5.02 Å². The monoisotopic (exact) mass is 297 g/mol. The lowest BCUT2D eigenvalue weighted by Crippen LogP contribution is -2.34. The van der Waals surface area contributed by atoms with E-state index in [-0.39, 0.29) is 24.3 Å². The van der Waals surface area contributed by atoms with Gasteiger partial charge in [0.25, 0.3) is 5.91 Å². The van der Waals surface area contributed by atoms with Crippen LogP contribution < -0.4 is 10.1 Å². The molecule has 0 bridgehead atoms. The third-order valence-corrected chi connectivity index (χ3v) is 2.50. The van der Waals surface area contributed by atoms with Gasteiger partial charge in [-0.05, 0) is 26.0 Å². The molecule has 6 heteroatoms. The second-order valence-electron chi connectivity index (χ2n) is 4.34. The summed E-state index contributed by atoms with van der Waals surface area (Å²) >= 11 is 6.00. The quantitative estimate of drug-likeness (QED) is 0.790. The molecule has 2 N–H and O–H groups in total. The summed E-state index contributed by atoms with van der Waals surface area (Å²) in [7, 11) is 0. The van der Waals surface area contributed by atoms with Crippen LogP contribution >= 0.6 is 11.6 Å². The highest BCUT2D eigenvalue weighted by molar-refractivity contribution is 6.32. The van der Waals surface area contributed by atoms with Crippen molar-refractivity contribution in [1.82, 2.24) is 5.32 Å². The van der Waals surface area contributed by atoms with Crippen molar-refractivity contribution in [3.8, 4) is 5.75 Å². The van der Waals surface area contributed by atoms with Gasteiger partial charge in [-0.2, -0.15) is 0 Å². The topological polar surface area (TPSA) is 75.6 Å². The molecule has 0 aliphatic heterocycles. The average Bonchev–Trinajstić information content (AvgIpc) is 2.34. The number of amides is 1. The molecule has 0 aliphatic rings. The Kier molecular flexibility index (Phi) is 6.06. The zero-order chi connectivity index (χ0) is 15.1. The van der Waals surface area contributed by atoms with Gasteiger partial charge in [0.15, 0.2) is 6.61 Å². The molecule has 0 heterocycles. The summed E-state index contributed by atoms with van der Waals surface area (Å²) in [5.74, 6) is -1.06. The zero-order valence-electron chi connectivity index (χ0n) is 11.2. The fraction of sp³-hybridized carbons (Fsp3) is 0.286. The van der Waals surface area contributed by atoms with Crippen molar-refractivity contribution < 1.29 is 19.4 Å². The van der Waals surface area contributed by atoms with E-state index in [1.807, 2.05) is 13.8 Å². The molecule has 20 heavy (non-hydrogen) atoms. The van der Waals surface area contributed by atoms with Gasteiger partial charge in [-0.3, -0.25) is 4.79 Å². The molecule has 0 aliphatic carbocycles. The molecule has 1 amide bonds. The second kappa shape index (κ2) is 7.55. The van der Waals surface area contributed by atoms with Crippen molar-refractivity contribution in [2.45, 2.75) is 19.9 Å². The number of halogens is 1. The van der Waals surface area contributed by atoms with E-state index in [4.69, 9.17) is 21.4 Å². The molecule has 1 aromatic carbocycles. The highest BCUT2D eigenvalue weighted by Crippen LogP contribution is 2.29. The molecule has 0 saturated heterocycles. The van der Waals surface area contributed by atoms with Crippen LogP contribution in [0.1, 0.15) is 19.4 Å². The molecule has 108 valence electrons. The Morgan fingerprint density at radius 3 is 2.75 bits per heavy atom. The molecular weight excluding hydrogens is 282 g/mol. The Morgan fingerprint density at radius 1 is 1.45 bits per heavy atom. The number of hydrogen-bond donors (Lipinski definition) is 2. The van der Waals surface area contributed by atoms with E-state index in [1.165, 1.54) is 6.08 Å². The minimum atomic E-state index is -1.08. The van der Waals surface area contributed by atoms with Gasteiger partial charge >= 0.3 is 5.97 Å². The lowest BCUT2D eigenvalue weighted by Gasteiger charge is -2.12.